The lowest BCUT2D eigenvalue weighted by atomic mass is 10.2. The molecule has 2 rings (SSSR count). The molecule has 0 bridgehead atoms. The maximum Gasteiger partial charge on any atom is 0.418 e. The number of hydrogen-bond donors (Lipinski definition) is 1. The van der Waals surface area contributed by atoms with Crippen LogP contribution in [0.5, 0.6) is 11.5 Å². The van der Waals surface area contributed by atoms with Gasteiger partial charge in [-0.05, 0) is 34.1 Å². The first-order valence-electron chi connectivity index (χ1n) is 6.70. The first-order chi connectivity index (χ1) is 11.6. The Kier molecular flexibility index (Phi) is 5.52. The van der Waals surface area contributed by atoms with E-state index in [4.69, 9.17) is 9.47 Å². The molecule has 0 fully saturated rings. The molecule has 0 amide bonds. The zero-order valence-corrected chi connectivity index (χ0v) is 15.4. The Balaban J connectivity index is 2.52. The standard InChI is InChI=1S/C15H13BrF3NO4S/c1-23-12-7-10(16)14(8-13(12)24-2)25(21,22)20-11-6-4-3-5-9(11)15(17,18)19/h3-8,20H,1-2H3. The normalized spacial score (nSPS) is 11.9. The quantitative estimate of drug-likeness (QED) is 0.754. The van der Waals surface area contributed by atoms with Crippen LogP contribution >= 0.6 is 15.9 Å². The smallest absolute Gasteiger partial charge is 0.418 e. The molecule has 0 heterocycles. The Morgan fingerprint density at radius 2 is 1.60 bits per heavy atom. The van der Waals surface area contributed by atoms with Gasteiger partial charge >= 0.3 is 6.18 Å². The topological polar surface area (TPSA) is 64.6 Å². The molecule has 2 aromatic rings. The summed E-state index contributed by atoms with van der Waals surface area (Å²) in [4.78, 5) is -0.290. The third kappa shape index (κ3) is 4.18. The fourth-order valence-electron chi connectivity index (χ4n) is 2.06. The van der Waals surface area contributed by atoms with Crippen molar-refractivity contribution >= 4 is 31.6 Å². The molecule has 0 atom stereocenters. The molecule has 1 N–H and O–H groups in total. The van der Waals surface area contributed by atoms with Crippen LogP contribution in [0.2, 0.25) is 0 Å². The van der Waals surface area contributed by atoms with Crippen LogP contribution in [0.4, 0.5) is 18.9 Å². The van der Waals surface area contributed by atoms with Crippen LogP contribution in [0, 0.1) is 0 Å². The van der Waals surface area contributed by atoms with Gasteiger partial charge in [0.2, 0.25) is 0 Å². The van der Waals surface area contributed by atoms with Crippen LogP contribution in [-0.4, -0.2) is 22.6 Å². The van der Waals surface area contributed by atoms with Gasteiger partial charge in [-0.3, -0.25) is 4.72 Å². The predicted octanol–water partition coefficient (Wildman–Crippen LogP) is 4.29. The number of alkyl halides is 3. The van der Waals surface area contributed by atoms with Crippen molar-refractivity contribution in [3.8, 4) is 11.5 Å². The van der Waals surface area contributed by atoms with Crippen molar-refractivity contribution < 1.29 is 31.1 Å². The van der Waals surface area contributed by atoms with Gasteiger partial charge in [0.25, 0.3) is 10.0 Å². The summed E-state index contributed by atoms with van der Waals surface area (Å²) in [6.45, 7) is 0. The second-order valence-corrected chi connectivity index (χ2v) is 7.29. The van der Waals surface area contributed by atoms with E-state index >= 15 is 0 Å². The van der Waals surface area contributed by atoms with Gasteiger partial charge in [0, 0.05) is 10.5 Å². The van der Waals surface area contributed by atoms with Gasteiger partial charge in [0.05, 0.1) is 25.5 Å². The molecule has 0 aliphatic heterocycles. The lowest BCUT2D eigenvalue weighted by Crippen LogP contribution is -2.17. The zero-order valence-electron chi connectivity index (χ0n) is 13.0. The first-order valence-corrected chi connectivity index (χ1v) is 8.98. The van der Waals surface area contributed by atoms with Crippen molar-refractivity contribution in [1.82, 2.24) is 0 Å². The van der Waals surface area contributed by atoms with Crippen LogP contribution in [0.15, 0.2) is 45.8 Å². The van der Waals surface area contributed by atoms with E-state index in [1.807, 2.05) is 4.72 Å². The van der Waals surface area contributed by atoms with Crippen molar-refractivity contribution in [3.63, 3.8) is 0 Å². The van der Waals surface area contributed by atoms with Crippen LogP contribution in [0.3, 0.4) is 0 Å². The number of anilines is 1. The molecule has 0 aliphatic carbocycles. The number of para-hydroxylation sites is 1. The van der Waals surface area contributed by atoms with E-state index in [9.17, 15) is 21.6 Å². The average molecular weight is 440 g/mol. The highest BCUT2D eigenvalue weighted by molar-refractivity contribution is 9.10. The monoisotopic (exact) mass is 439 g/mol. The van der Waals surface area contributed by atoms with Gasteiger partial charge in [-0.15, -0.1) is 0 Å². The van der Waals surface area contributed by atoms with Gasteiger partial charge in [0.15, 0.2) is 11.5 Å². The summed E-state index contributed by atoms with van der Waals surface area (Å²) in [7, 11) is -1.63. The summed E-state index contributed by atoms with van der Waals surface area (Å²) >= 11 is 3.08. The number of hydrogen-bond acceptors (Lipinski definition) is 4. The van der Waals surface area contributed by atoms with E-state index in [2.05, 4.69) is 15.9 Å². The molecular weight excluding hydrogens is 427 g/mol. The van der Waals surface area contributed by atoms with Gasteiger partial charge in [-0.2, -0.15) is 13.2 Å². The Bertz CT molecular complexity index is 885. The average Bonchev–Trinajstić information content (AvgIpc) is 2.53. The maximum absolute atomic E-state index is 13.0. The van der Waals surface area contributed by atoms with Gasteiger partial charge < -0.3 is 9.47 Å². The van der Waals surface area contributed by atoms with Crippen LogP contribution in [0.1, 0.15) is 5.56 Å². The summed E-state index contributed by atoms with van der Waals surface area (Å²) in [5.74, 6) is 0.388. The summed E-state index contributed by atoms with van der Waals surface area (Å²) < 4.78 is 76.4. The van der Waals surface area contributed by atoms with Crippen molar-refractivity contribution in [2.24, 2.45) is 0 Å². The minimum Gasteiger partial charge on any atom is -0.493 e. The fourth-order valence-corrected chi connectivity index (χ4v) is 4.18. The first kappa shape index (κ1) is 19.4. The molecule has 0 saturated heterocycles. The van der Waals surface area contributed by atoms with Crippen LogP contribution < -0.4 is 14.2 Å². The highest BCUT2D eigenvalue weighted by Gasteiger charge is 2.34. The van der Waals surface area contributed by atoms with Crippen LogP contribution in [0.25, 0.3) is 0 Å². The number of methoxy groups -OCH3 is 2. The van der Waals surface area contributed by atoms with E-state index in [1.54, 1.807) is 0 Å². The third-order valence-corrected chi connectivity index (χ3v) is 5.53. The molecule has 0 saturated carbocycles. The highest BCUT2D eigenvalue weighted by atomic mass is 79.9. The lowest BCUT2D eigenvalue weighted by molar-refractivity contribution is -0.136. The zero-order chi connectivity index (χ0) is 18.8. The molecule has 0 radical (unpaired) electrons. The SMILES string of the molecule is COc1cc(Br)c(S(=O)(=O)Nc2ccccc2C(F)(F)F)cc1OC. The van der Waals surface area contributed by atoms with Crippen molar-refractivity contribution in [2.75, 3.05) is 18.9 Å². The molecule has 25 heavy (non-hydrogen) atoms. The maximum atomic E-state index is 13.0. The summed E-state index contributed by atoms with van der Waals surface area (Å²) in [5, 5.41) is 0. The Morgan fingerprint density at radius 1 is 1.04 bits per heavy atom. The molecular formula is C15H13BrF3NO4S. The number of ether oxygens (including phenoxy) is 2. The van der Waals surface area contributed by atoms with Crippen LogP contribution in [-0.2, 0) is 16.2 Å². The number of rotatable bonds is 5. The van der Waals surface area contributed by atoms with Crippen molar-refractivity contribution in [3.05, 3.63) is 46.4 Å². The molecule has 10 heteroatoms. The predicted molar refractivity (Wildman–Crippen MR) is 89.5 cm³/mol. The third-order valence-electron chi connectivity index (χ3n) is 3.20. The van der Waals surface area contributed by atoms with E-state index in [-0.39, 0.29) is 20.9 Å². The largest absolute Gasteiger partial charge is 0.493 e. The number of benzene rings is 2. The van der Waals surface area contributed by atoms with E-state index < -0.39 is 27.5 Å². The second kappa shape index (κ2) is 7.12. The van der Waals surface area contributed by atoms with E-state index in [1.165, 1.54) is 32.4 Å². The van der Waals surface area contributed by atoms with Gasteiger partial charge in [-0.25, -0.2) is 8.42 Å². The molecule has 0 spiro atoms. The Morgan fingerprint density at radius 3 is 2.16 bits per heavy atom. The van der Waals surface area contributed by atoms with Gasteiger partial charge in [0.1, 0.15) is 4.90 Å². The Labute approximate surface area is 150 Å². The molecule has 0 aromatic heterocycles. The molecule has 5 nitrogen and oxygen atoms in total. The molecule has 0 aliphatic rings. The van der Waals surface area contributed by atoms with E-state index in [0.29, 0.717) is 0 Å². The Hall–Kier alpha value is -1.94. The van der Waals surface area contributed by atoms with Crippen molar-refractivity contribution in [1.29, 1.82) is 0 Å². The molecule has 136 valence electrons. The summed E-state index contributed by atoms with van der Waals surface area (Å²) in [6.07, 6.45) is -4.70. The minimum absolute atomic E-state index is 0.113. The van der Waals surface area contributed by atoms with E-state index in [0.717, 1.165) is 18.2 Å². The summed E-state index contributed by atoms with van der Waals surface area (Å²) in [5.41, 5.74) is -1.66. The highest BCUT2D eigenvalue weighted by Crippen LogP contribution is 2.38. The number of halogens is 4. The number of sulfonamides is 1. The molecule has 0 unspecified atom stereocenters. The fraction of sp³-hybridized carbons (Fsp3) is 0.200. The summed E-state index contributed by atoms with van der Waals surface area (Å²) in [6, 6.07) is 6.81. The van der Waals surface area contributed by atoms with Gasteiger partial charge in [-0.1, -0.05) is 12.1 Å². The number of nitrogens with one attached hydrogen (secondary N) is 1. The molecule has 2 aromatic carbocycles. The second-order valence-electron chi connectivity index (χ2n) is 4.79. The van der Waals surface area contributed by atoms with Crippen molar-refractivity contribution in [2.45, 2.75) is 11.1 Å². The minimum atomic E-state index is -4.70. The lowest BCUT2D eigenvalue weighted by Gasteiger charge is -2.16.